The number of hydrogen-bond donors (Lipinski definition) is 1. The zero-order chi connectivity index (χ0) is 16.1. The molecule has 1 N–H and O–H groups in total. The summed E-state index contributed by atoms with van der Waals surface area (Å²) < 4.78 is 19.2. The van der Waals surface area contributed by atoms with E-state index in [0.29, 0.717) is 25.2 Å². The molecule has 0 saturated heterocycles. The predicted octanol–water partition coefficient (Wildman–Crippen LogP) is 3.18. The number of nitrogens with zero attached hydrogens (tertiary/aromatic N) is 1. The molecule has 120 valence electrons. The fourth-order valence-corrected chi connectivity index (χ4v) is 2.77. The number of rotatable bonds is 4. The summed E-state index contributed by atoms with van der Waals surface area (Å²) in [6, 6.07) is 8.07. The van der Waals surface area contributed by atoms with Crippen LogP contribution >= 0.6 is 0 Å². The second kappa shape index (κ2) is 7.22. The molecule has 2 aromatic rings. The lowest BCUT2D eigenvalue weighted by Crippen LogP contribution is -2.28. The number of aromatic nitrogens is 1. The Morgan fingerprint density at radius 3 is 2.96 bits per heavy atom. The van der Waals surface area contributed by atoms with Gasteiger partial charge in [-0.25, -0.2) is 4.39 Å². The number of aryl methyl sites for hydroxylation is 1. The third-order valence-electron chi connectivity index (χ3n) is 3.97. The van der Waals surface area contributed by atoms with Crippen molar-refractivity contribution in [1.29, 1.82) is 0 Å². The highest BCUT2D eigenvalue weighted by atomic mass is 19.1. The van der Waals surface area contributed by atoms with E-state index in [2.05, 4.69) is 10.3 Å². The molecule has 2 heterocycles. The van der Waals surface area contributed by atoms with E-state index < -0.39 is 0 Å². The van der Waals surface area contributed by atoms with Crippen molar-refractivity contribution in [3.05, 3.63) is 59.7 Å². The van der Waals surface area contributed by atoms with Crippen molar-refractivity contribution in [2.75, 3.05) is 6.61 Å². The molecule has 1 aliphatic rings. The van der Waals surface area contributed by atoms with E-state index >= 15 is 0 Å². The SMILES string of the molecule is O=C(CCc1ccncc1)NC1CCCOc2ccc(F)cc21. The van der Waals surface area contributed by atoms with Gasteiger partial charge >= 0.3 is 0 Å². The number of pyridine rings is 1. The minimum atomic E-state index is -0.315. The molecule has 0 saturated carbocycles. The van der Waals surface area contributed by atoms with Gasteiger partial charge in [0.1, 0.15) is 11.6 Å². The van der Waals surface area contributed by atoms with Crippen LogP contribution in [0.5, 0.6) is 5.75 Å². The number of benzene rings is 1. The van der Waals surface area contributed by atoms with E-state index in [9.17, 15) is 9.18 Å². The summed E-state index contributed by atoms with van der Waals surface area (Å²) in [6.07, 6.45) is 6.06. The average Bonchev–Trinajstić information content (AvgIpc) is 2.76. The number of hydrogen-bond acceptors (Lipinski definition) is 3. The number of carbonyl (C=O) groups is 1. The van der Waals surface area contributed by atoms with E-state index in [1.54, 1.807) is 18.5 Å². The van der Waals surface area contributed by atoms with Crippen LogP contribution < -0.4 is 10.1 Å². The van der Waals surface area contributed by atoms with Crippen LogP contribution in [0.4, 0.5) is 4.39 Å². The average molecular weight is 314 g/mol. The van der Waals surface area contributed by atoms with Gasteiger partial charge in [-0.05, 0) is 55.2 Å². The van der Waals surface area contributed by atoms with E-state index in [0.717, 1.165) is 24.0 Å². The van der Waals surface area contributed by atoms with Gasteiger partial charge < -0.3 is 10.1 Å². The van der Waals surface area contributed by atoms with Crippen LogP contribution in [-0.4, -0.2) is 17.5 Å². The maximum absolute atomic E-state index is 13.5. The Bertz CT molecular complexity index is 676. The molecule has 0 bridgehead atoms. The fraction of sp³-hybridized carbons (Fsp3) is 0.333. The first-order valence-corrected chi connectivity index (χ1v) is 7.83. The summed E-state index contributed by atoms with van der Waals surface area (Å²) in [4.78, 5) is 16.2. The van der Waals surface area contributed by atoms with Crippen molar-refractivity contribution >= 4 is 5.91 Å². The Labute approximate surface area is 134 Å². The van der Waals surface area contributed by atoms with Crippen LogP contribution in [0, 0.1) is 5.82 Å². The van der Waals surface area contributed by atoms with Crippen LogP contribution in [0.2, 0.25) is 0 Å². The van der Waals surface area contributed by atoms with Crippen LogP contribution in [-0.2, 0) is 11.2 Å². The van der Waals surface area contributed by atoms with Gasteiger partial charge in [0.15, 0.2) is 0 Å². The van der Waals surface area contributed by atoms with Crippen LogP contribution in [0.1, 0.15) is 36.4 Å². The topological polar surface area (TPSA) is 51.2 Å². The number of nitrogens with one attached hydrogen (secondary N) is 1. The van der Waals surface area contributed by atoms with Crippen LogP contribution in [0.25, 0.3) is 0 Å². The van der Waals surface area contributed by atoms with Crippen LogP contribution in [0.15, 0.2) is 42.7 Å². The van der Waals surface area contributed by atoms with E-state index in [4.69, 9.17) is 4.74 Å². The lowest BCUT2D eigenvalue weighted by atomic mass is 10.0. The Morgan fingerprint density at radius 2 is 2.13 bits per heavy atom. The molecule has 1 amide bonds. The summed E-state index contributed by atoms with van der Waals surface area (Å²) in [5.74, 6) is 0.303. The molecule has 0 radical (unpaired) electrons. The molecule has 23 heavy (non-hydrogen) atoms. The normalized spacial score (nSPS) is 16.8. The van der Waals surface area contributed by atoms with Gasteiger partial charge in [-0.15, -0.1) is 0 Å². The molecule has 1 aliphatic heterocycles. The molecular formula is C18H19FN2O2. The number of halogens is 1. The standard InChI is InChI=1S/C18H19FN2O2/c19-14-4-5-17-15(12-14)16(2-1-11-23-17)21-18(22)6-3-13-7-9-20-10-8-13/h4-5,7-10,12,16H,1-3,6,11H2,(H,21,22). The number of amides is 1. The summed E-state index contributed by atoms with van der Waals surface area (Å²) in [7, 11) is 0. The van der Waals surface area contributed by atoms with Gasteiger partial charge in [0.05, 0.1) is 12.6 Å². The molecular weight excluding hydrogens is 295 g/mol. The van der Waals surface area contributed by atoms with Crippen molar-refractivity contribution in [2.45, 2.75) is 31.7 Å². The molecule has 1 unspecified atom stereocenters. The second-order valence-corrected chi connectivity index (χ2v) is 5.65. The molecule has 1 aromatic heterocycles. The molecule has 1 aromatic carbocycles. The van der Waals surface area contributed by atoms with Crippen molar-refractivity contribution in [3.8, 4) is 5.75 Å². The zero-order valence-electron chi connectivity index (χ0n) is 12.8. The largest absolute Gasteiger partial charge is 0.493 e. The highest BCUT2D eigenvalue weighted by Gasteiger charge is 2.22. The molecule has 0 fully saturated rings. The lowest BCUT2D eigenvalue weighted by molar-refractivity contribution is -0.121. The molecule has 4 nitrogen and oxygen atoms in total. The van der Waals surface area contributed by atoms with E-state index in [-0.39, 0.29) is 17.8 Å². The minimum Gasteiger partial charge on any atom is -0.493 e. The van der Waals surface area contributed by atoms with Gasteiger partial charge in [0.25, 0.3) is 0 Å². The summed E-state index contributed by atoms with van der Waals surface area (Å²) in [5, 5.41) is 3.01. The monoisotopic (exact) mass is 314 g/mol. The van der Waals surface area contributed by atoms with Gasteiger partial charge in [-0.2, -0.15) is 0 Å². The Balaban J connectivity index is 1.65. The number of fused-ring (bicyclic) bond motifs is 1. The first-order chi connectivity index (χ1) is 11.2. The summed E-state index contributed by atoms with van der Waals surface area (Å²) >= 11 is 0. The van der Waals surface area contributed by atoms with Gasteiger partial charge in [0.2, 0.25) is 5.91 Å². The fourth-order valence-electron chi connectivity index (χ4n) is 2.77. The summed E-state index contributed by atoms with van der Waals surface area (Å²) in [5.41, 5.74) is 1.80. The lowest BCUT2D eigenvalue weighted by Gasteiger charge is -2.18. The second-order valence-electron chi connectivity index (χ2n) is 5.65. The highest BCUT2D eigenvalue weighted by molar-refractivity contribution is 5.76. The highest BCUT2D eigenvalue weighted by Crippen LogP contribution is 2.32. The first kappa shape index (κ1) is 15.5. The maximum atomic E-state index is 13.5. The maximum Gasteiger partial charge on any atom is 0.220 e. The number of carbonyl (C=O) groups excluding carboxylic acids is 1. The van der Waals surface area contributed by atoms with Gasteiger partial charge in [-0.3, -0.25) is 9.78 Å². The molecule has 1 atom stereocenters. The molecule has 0 spiro atoms. The zero-order valence-corrected chi connectivity index (χ0v) is 12.8. The van der Waals surface area contributed by atoms with Crippen molar-refractivity contribution < 1.29 is 13.9 Å². The Hall–Kier alpha value is -2.43. The molecule has 5 heteroatoms. The predicted molar refractivity (Wildman–Crippen MR) is 84.6 cm³/mol. The van der Waals surface area contributed by atoms with Crippen molar-refractivity contribution in [1.82, 2.24) is 10.3 Å². The van der Waals surface area contributed by atoms with E-state index in [1.165, 1.54) is 12.1 Å². The Morgan fingerprint density at radius 1 is 1.30 bits per heavy atom. The quantitative estimate of drug-likeness (QED) is 0.943. The number of ether oxygens (including phenoxy) is 1. The van der Waals surface area contributed by atoms with Crippen molar-refractivity contribution in [2.24, 2.45) is 0 Å². The van der Waals surface area contributed by atoms with Gasteiger partial charge in [0, 0.05) is 24.4 Å². The van der Waals surface area contributed by atoms with E-state index in [1.807, 2.05) is 12.1 Å². The molecule has 3 rings (SSSR count). The third kappa shape index (κ3) is 4.06. The summed E-state index contributed by atoms with van der Waals surface area (Å²) in [6.45, 7) is 0.585. The van der Waals surface area contributed by atoms with Gasteiger partial charge in [-0.1, -0.05) is 0 Å². The Kier molecular flexibility index (Phi) is 4.86. The van der Waals surface area contributed by atoms with Crippen molar-refractivity contribution in [3.63, 3.8) is 0 Å². The minimum absolute atomic E-state index is 0.0380. The smallest absolute Gasteiger partial charge is 0.220 e. The third-order valence-corrected chi connectivity index (χ3v) is 3.97. The van der Waals surface area contributed by atoms with Crippen LogP contribution in [0.3, 0.4) is 0 Å². The first-order valence-electron chi connectivity index (χ1n) is 7.83. The molecule has 0 aliphatic carbocycles.